The molecular weight excluding hydrogens is 198 g/mol. The molecule has 15 heavy (non-hydrogen) atoms. The quantitative estimate of drug-likeness (QED) is 0.441. The van der Waals surface area contributed by atoms with Gasteiger partial charge in [0, 0.05) is 6.54 Å². The first kappa shape index (κ1) is 11.9. The van der Waals surface area contributed by atoms with Gasteiger partial charge in [0.2, 0.25) is 11.8 Å². The van der Waals surface area contributed by atoms with Gasteiger partial charge in [-0.05, 0) is 20.3 Å². The Morgan fingerprint density at radius 1 is 1.53 bits per heavy atom. The summed E-state index contributed by atoms with van der Waals surface area (Å²) in [6.07, 6.45) is -0.141. The van der Waals surface area contributed by atoms with Gasteiger partial charge in [-0.15, -0.1) is 0 Å². The van der Waals surface area contributed by atoms with Gasteiger partial charge < -0.3 is 21.5 Å². The van der Waals surface area contributed by atoms with Crippen LogP contribution in [0, 0.1) is 0 Å². The van der Waals surface area contributed by atoms with Crippen LogP contribution in [-0.4, -0.2) is 41.2 Å². The van der Waals surface area contributed by atoms with Crippen molar-refractivity contribution >= 4 is 11.8 Å². The van der Waals surface area contributed by atoms with Crippen LogP contribution in [0.5, 0.6) is 0 Å². The van der Waals surface area contributed by atoms with Crippen LogP contribution < -0.4 is 16.4 Å². The third-order valence-electron chi connectivity index (χ3n) is 2.48. The molecule has 1 fully saturated rings. The summed E-state index contributed by atoms with van der Waals surface area (Å²) in [5.41, 5.74) is 4.06. The number of carbonyl (C=O) groups excluding carboxylic acids is 2. The van der Waals surface area contributed by atoms with Crippen molar-refractivity contribution in [3.8, 4) is 0 Å². The molecule has 6 heteroatoms. The third kappa shape index (κ3) is 2.90. The summed E-state index contributed by atoms with van der Waals surface area (Å²) in [5.74, 6) is -0.898. The second kappa shape index (κ2) is 4.16. The molecule has 0 aliphatic carbocycles. The molecule has 1 saturated heterocycles. The molecule has 0 bridgehead atoms. The van der Waals surface area contributed by atoms with Gasteiger partial charge in [0.15, 0.2) is 0 Å². The van der Waals surface area contributed by atoms with E-state index in [9.17, 15) is 14.7 Å². The van der Waals surface area contributed by atoms with Crippen LogP contribution in [0.15, 0.2) is 0 Å². The third-order valence-corrected chi connectivity index (χ3v) is 2.48. The Labute approximate surface area is 88.2 Å². The fraction of sp³-hybridized carbons (Fsp3) is 0.778. The average Bonchev–Trinajstić information content (AvgIpc) is 2.50. The lowest BCUT2D eigenvalue weighted by Crippen LogP contribution is -2.56. The van der Waals surface area contributed by atoms with Gasteiger partial charge in [-0.2, -0.15) is 0 Å². The van der Waals surface area contributed by atoms with E-state index in [1.165, 1.54) is 0 Å². The Balaban J connectivity index is 2.52. The number of primary amides is 1. The van der Waals surface area contributed by atoms with Crippen LogP contribution >= 0.6 is 0 Å². The minimum Gasteiger partial charge on any atom is -0.392 e. The van der Waals surface area contributed by atoms with Crippen LogP contribution in [0.3, 0.4) is 0 Å². The summed E-state index contributed by atoms with van der Waals surface area (Å²) in [7, 11) is 0. The van der Waals surface area contributed by atoms with Gasteiger partial charge in [0.05, 0.1) is 12.1 Å². The maximum atomic E-state index is 11.6. The number of carbonyl (C=O) groups is 2. The second-order valence-electron chi connectivity index (χ2n) is 4.33. The van der Waals surface area contributed by atoms with Gasteiger partial charge in [0.1, 0.15) is 5.54 Å². The van der Waals surface area contributed by atoms with E-state index in [-0.39, 0.29) is 5.91 Å². The first-order valence-electron chi connectivity index (χ1n) is 4.86. The maximum Gasteiger partial charge on any atom is 0.242 e. The van der Waals surface area contributed by atoms with Gasteiger partial charge in [-0.3, -0.25) is 9.59 Å². The van der Waals surface area contributed by atoms with Gasteiger partial charge in [-0.1, -0.05) is 0 Å². The number of aliphatic hydroxyl groups is 1. The molecule has 1 aliphatic heterocycles. The van der Waals surface area contributed by atoms with Gasteiger partial charge >= 0.3 is 0 Å². The van der Waals surface area contributed by atoms with E-state index >= 15 is 0 Å². The topological polar surface area (TPSA) is 104 Å². The minimum atomic E-state index is -1.06. The summed E-state index contributed by atoms with van der Waals surface area (Å²) in [6, 6.07) is -0.446. The molecule has 0 radical (unpaired) electrons. The summed E-state index contributed by atoms with van der Waals surface area (Å²) in [5, 5.41) is 14.6. The fourth-order valence-corrected chi connectivity index (χ4v) is 1.37. The highest BCUT2D eigenvalue weighted by Gasteiger charge is 2.33. The number of β-amino-alcohol motifs (C(OH)–C–C–N with tert-alkyl or cyclic N) is 1. The number of aliphatic hydroxyl groups excluding tert-OH is 1. The van der Waals surface area contributed by atoms with Crippen molar-refractivity contribution in [2.75, 3.05) is 6.54 Å². The largest absolute Gasteiger partial charge is 0.392 e. The predicted molar refractivity (Wildman–Crippen MR) is 53.8 cm³/mol. The lowest BCUT2D eigenvalue weighted by atomic mass is 10.0. The van der Waals surface area contributed by atoms with Crippen molar-refractivity contribution in [1.29, 1.82) is 0 Å². The molecule has 5 N–H and O–H groups in total. The number of hydrogen-bond acceptors (Lipinski definition) is 4. The van der Waals surface area contributed by atoms with Crippen LogP contribution in [-0.2, 0) is 9.59 Å². The van der Waals surface area contributed by atoms with Crippen molar-refractivity contribution < 1.29 is 14.7 Å². The first-order valence-corrected chi connectivity index (χ1v) is 4.86. The van der Waals surface area contributed by atoms with E-state index in [2.05, 4.69) is 10.6 Å². The molecule has 1 heterocycles. The van der Waals surface area contributed by atoms with E-state index in [1.807, 2.05) is 0 Å². The van der Waals surface area contributed by atoms with E-state index in [1.54, 1.807) is 13.8 Å². The Hall–Kier alpha value is -1.14. The van der Waals surface area contributed by atoms with Crippen LogP contribution in [0.25, 0.3) is 0 Å². The van der Waals surface area contributed by atoms with Crippen molar-refractivity contribution in [2.45, 2.75) is 38.0 Å². The number of nitrogens with one attached hydrogen (secondary N) is 2. The highest BCUT2D eigenvalue weighted by Crippen LogP contribution is 2.08. The van der Waals surface area contributed by atoms with E-state index in [0.29, 0.717) is 13.0 Å². The standard InChI is InChI=1S/C9H17N3O3/c1-9(2,8(10)15)12-7(14)6-3-5(13)4-11-6/h5-6,11,13H,3-4H2,1-2H3,(H2,10,15)(H,12,14). The first-order chi connectivity index (χ1) is 6.83. The van der Waals surface area contributed by atoms with Crippen LogP contribution in [0.2, 0.25) is 0 Å². The van der Waals surface area contributed by atoms with Gasteiger partial charge in [-0.25, -0.2) is 0 Å². The Kier molecular flexibility index (Phi) is 3.31. The summed E-state index contributed by atoms with van der Waals surface area (Å²) < 4.78 is 0. The smallest absolute Gasteiger partial charge is 0.242 e. The molecule has 0 saturated carbocycles. The molecule has 1 aliphatic rings. The molecule has 2 unspecified atom stereocenters. The lowest BCUT2D eigenvalue weighted by molar-refractivity contribution is -0.131. The van der Waals surface area contributed by atoms with Crippen molar-refractivity contribution in [3.05, 3.63) is 0 Å². The molecule has 0 aromatic heterocycles. The zero-order valence-electron chi connectivity index (χ0n) is 8.91. The molecule has 6 nitrogen and oxygen atoms in total. The summed E-state index contributed by atoms with van der Waals surface area (Å²) in [4.78, 5) is 22.6. The highest BCUT2D eigenvalue weighted by atomic mass is 16.3. The Morgan fingerprint density at radius 2 is 2.13 bits per heavy atom. The van der Waals surface area contributed by atoms with Crippen molar-refractivity contribution in [2.24, 2.45) is 5.73 Å². The van der Waals surface area contributed by atoms with E-state index in [4.69, 9.17) is 5.73 Å². The maximum absolute atomic E-state index is 11.6. The minimum absolute atomic E-state index is 0.310. The highest BCUT2D eigenvalue weighted by molar-refractivity contribution is 5.91. The summed E-state index contributed by atoms with van der Waals surface area (Å²) >= 11 is 0. The Bertz CT molecular complexity index is 278. The van der Waals surface area contributed by atoms with Gasteiger partial charge in [0.25, 0.3) is 0 Å². The van der Waals surface area contributed by atoms with Crippen LogP contribution in [0.1, 0.15) is 20.3 Å². The molecule has 0 aromatic rings. The number of nitrogens with two attached hydrogens (primary N) is 1. The van der Waals surface area contributed by atoms with E-state index in [0.717, 1.165) is 0 Å². The average molecular weight is 215 g/mol. The molecule has 1 rings (SSSR count). The van der Waals surface area contributed by atoms with E-state index < -0.39 is 23.6 Å². The monoisotopic (exact) mass is 215 g/mol. The predicted octanol–water partition coefficient (Wildman–Crippen LogP) is -1.91. The molecule has 2 atom stereocenters. The fourth-order valence-electron chi connectivity index (χ4n) is 1.37. The van der Waals surface area contributed by atoms with Crippen molar-refractivity contribution in [3.63, 3.8) is 0 Å². The normalized spacial score (nSPS) is 26.3. The number of rotatable bonds is 3. The Morgan fingerprint density at radius 3 is 2.53 bits per heavy atom. The molecule has 2 amide bonds. The SMILES string of the molecule is CC(C)(NC(=O)C1CC(O)CN1)C(N)=O. The molecule has 86 valence electrons. The molecule has 0 aromatic carbocycles. The molecular formula is C9H17N3O3. The zero-order chi connectivity index (χ0) is 11.6. The zero-order valence-corrected chi connectivity index (χ0v) is 8.91. The lowest BCUT2D eigenvalue weighted by Gasteiger charge is -2.24. The van der Waals surface area contributed by atoms with Crippen molar-refractivity contribution in [1.82, 2.24) is 10.6 Å². The summed E-state index contributed by atoms with van der Waals surface area (Å²) in [6.45, 7) is 3.48. The number of amides is 2. The van der Waals surface area contributed by atoms with Crippen LogP contribution in [0.4, 0.5) is 0 Å². The molecule has 0 spiro atoms. The second-order valence-corrected chi connectivity index (χ2v) is 4.33. The number of hydrogen-bond donors (Lipinski definition) is 4.